The maximum Gasteiger partial charge on any atom is 0.327 e. The van der Waals surface area contributed by atoms with Gasteiger partial charge in [0.25, 0.3) is 0 Å². The zero-order valence-corrected chi connectivity index (χ0v) is 11.9. The largest absolute Gasteiger partial charge is 0.327 e. The first kappa shape index (κ1) is 12.7. The molecule has 5 heteroatoms. The lowest BCUT2D eigenvalue weighted by Crippen LogP contribution is -2.39. The molecule has 104 valence electrons. The lowest BCUT2D eigenvalue weighted by atomic mass is 10.1. The van der Waals surface area contributed by atoms with E-state index in [1.54, 1.807) is 9.58 Å². The van der Waals surface area contributed by atoms with E-state index < -0.39 is 0 Å². The fourth-order valence-corrected chi connectivity index (χ4v) is 2.67. The Labute approximate surface area is 118 Å². The SMILES string of the molecule is Cc1cc(NC(=O)N2c3ccccc3CC2C)nn1C. The van der Waals surface area contributed by atoms with Crippen LogP contribution < -0.4 is 10.2 Å². The molecule has 2 aromatic rings. The second-order valence-electron chi connectivity index (χ2n) is 5.28. The molecule has 0 spiro atoms. The van der Waals surface area contributed by atoms with E-state index in [1.807, 2.05) is 38.2 Å². The Kier molecular flexibility index (Phi) is 2.97. The van der Waals surface area contributed by atoms with Crippen LogP contribution in [0.4, 0.5) is 16.3 Å². The molecule has 1 N–H and O–H groups in total. The minimum Gasteiger partial charge on any atom is -0.291 e. The summed E-state index contributed by atoms with van der Waals surface area (Å²) in [5, 5.41) is 7.13. The summed E-state index contributed by atoms with van der Waals surface area (Å²) in [6, 6.07) is 9.94. The molecule has 1 aromatic heterocycles. The molecule has 20 heavy (non-hydrogen) atoms. The first-order valence-corrected chi connectivity index (χ1v) is 6.75. The van der Waals surface area contributed by atoms with E-state index in [4.69, 9.17) is 0 Å². The Morgan fingerprint density at radius 2 is 2.15 bits per heavy atom. The number of aryl methyl sites for hydroxylation is 2. The number of hydrogen-bond donors (Lipinski definition) is 1. The number of para-hydroxylation sites is 1. The molecule has 1 aliphatic heterocycles. The highest BCUT2D eigenvalue weighted by molar-refractivity contribution is 6.03. The van der Waals surface area contributed by atoms with Crippen molar-refractivity contribution in [2.45, 2.75) is 26.3 Å². The number of benzene rings is 1. The van der Waals surface area contributed by atoms with Gasteiger partial charge in [0.1, 0.15) is 0 Å². The molecular weight excluding hydrogens is 252 g/mol. The van der Waals surface area contributed by atoms with Gasteiger partial charge in [0.05, 0.1) is 0 Å². The minimum atomic E-state index is -0.124. The van der Waals surface area contributed by atoms with Crippen LogP contribution in [0, 0.1) is 6.92 Å². The molecule has 0 radical (unpaired) electrons. The molecule has 1 unspecified atom stereocenters. The van der Waals surface area contributed by atoms with Crippen LogP contribution in [0.25, 0.3) is 0 Å². The molecular formula is C15H18N4O. The van der Waals surface area contributed by atoms with Crippen molar-refractivity contribution in [3.8, 4) is 0 Å². The number of aromatic nitrogens is 2. The molecule has 2 amide bonds. The Morgan fingerprint density at radius 3 is 2.85 bits per heavy atom. The van der Waals surface area contributed by atoms with Gasteiger partial charge >= 0.3 is 6.03 Å². The summed E-state index contributed by atoms with van der Waals surface area (Å²) < 4.78 is 1.75. The van der Waals surface area contributed by atoms with Crippen LogP contribution in [-0.2, 0) is 13.5 Å². The molecule has 0 fully saturated rings. The third kappa shape index (κ3) is 2.05. The van der Waals surface area contributed by atoms with Crippen molar-refractivity contribution in [3.63, 3.8) is 0 Å². The number of rotatable bonds is 1. The minimum absolute atomic E-state index is 0.124. The van der Waals surface area contributed by atoms with E-state index in [0.29, 0.717) is 5.82 Å². The number of carbonyl (C=O) groups is 1. The van der Waals surface area contributed by atoms with Gasteiger partial charge in [-0.05, 0) is 31.9 Å². The van der Waals surface area contributed by atoms with Gasteiger partial charge in [0, 0.05) is 30.5 Å². The summed E-state index contributed by atoms with van der Waals surface area (Å²) in [5.41, 5.74) is 3.22. The van der Waals surface area contributed by atoms with E-state index in [2.05, 4.69) is 23.4 Å². The van der Waals surface area contributed by atoms with E-state index in [9.17, 15) is 4.79 Å². The summed E-state index contributed by atoms with van der Waals surface area (Å²) in [5.74, 6) is 0.589. The number of amides is 2. The zero-order valence-electron chi connectivity index (χ0n) is 11.9. The van der Waals surface area contributed by atoms with Crippen molar-refractivity contribution >= 4 is 17.5 Å². The molecule has 0 bridgehead atoms. The average Bonchev–Trinajstić information content (AvgIpc) is 2.88. The zero-order chi connectivity index (χ0) is 14.3. The Balaban J connectivity index is 1.84. The third-order valence-corrected chi connectivity index (χ3v) is 3.77. The lowest BCUT2D eigenvalue weighted by Gasteiger charge is -2.22. The number of urea groups is 1. The van der Waals surface area contributed by atoms with Gasteiger partial charge in [-0.3, -0.25) is 14.9 Å². The smallest absolute Gasteiger partial charge is 0.291 e. The molecule has 1 atom stereocenters. The van der Waals surface area contributed by atoms with Crippen molar-refractivity contribution in [1.29, 1.82) is 0 Å². The second-order valence-corrected chi connectivity index (χ2v) is 5.28. The second kappa shape index (κ2) is 4.67. The van der Waals surface area contributed by atoms with Gasteiger partial charge in [0.2, 0.25) is 0 Å². The summed E-state index contributed by atoms with van der Waals surface area (Å²) in [6.07, 6.45) is 0.894. The van der Waals surface area contributed by atoms with Gasteiger partial charge < -0.3 is 0 Å². The Bertz CT molecular complexity index is 642. The highest BCUT2D eigenvalue weighted by atomic mass is 16.2. The fraction of sp³-hybridized carbons (Fsp3) is 0.333. The monoisotopic (exact) mass is 270 g/mol. The number of fused-ring (bicyclic) bond motifs is 1. The van der Waals surface area contributed by atoms with E-state index >= 15 is 0 Å². The highest BCUT2D eigenvalue weighted by Gasteiger charge is 2.30. The summed E-state index contributed by atoms with van der Waals surface area (Å²) in [7, 11) is 1.86. The maximum absolute atomic E-state index is 12.5. The van der Waals surface area contributed by atoms with Crippen LogP contribution >= 0.6 is 0 Å². The number of carbonyl (C=O) groups excluding carboxylic acids is 1. The molecule has 1 aromatic carbocycles. The standard InChI is InChI=1S/C15H18N4O/c1-10-9-14(17-18(10)3)16-15(20)19-11(2)8-12-6-4-5-7-13(12)19/h4-7,9,11H,8H2,1-3H3,(H,16,17,20). The van der Waals surface area contributed by atoms with Crippen molar-refractivity contribution in [2.75, 3.05) is 10.2 Å². The van der Waals surface area contributed by atoms with Crippen LogP contribution in [0.15, 0.2) is 30.3 Å². The summed E-state index contributed by atoms with van der Waals surface area (Å²) in [4.78, 5) is 14.3. The van der Waals surface area contributed by atoms with Crippen LogP contribution in [0.3, 0.4) is 0 Å². The van der Waals surface area contributed by atoms with Crippen molar-refractivity contribution < 1.29 is 4.79 Å². The number of anilines is 2. The first-order valence-electron chi connectivity index (χ1n) is 6.75. The van der Waals surface area contributed by atoms with Gasteiger partial charge in [-0.2, -0.15) is 5.10 Å². The molecule has 0 saturated carbocycles. The predicted molar refractivity (Wildman–Crippen MR) is 79.1 cm³/mol. The lowest BCUT2D eigenvalue weighted by molar-refractivity contribution is 0.255. The van der Waals surface area contributed by atoms with Gasteiger partial charge in [-0.25, -0.2) is 4.79 Å². The van der Waals surface area contributed by atoms with E-state index in [-0.39, 0.29) is 12.1 Å². The Morgan fingerprint density at radius 1 is 1.40 bits per heavy atom. The first-order chi connectivity index (χ1) is 9.56. The van der Waals surface area contributed by atoms with E-state index in [1.165, 1.54) is 5.56 Å². The van der Waals surface area contributed by atoms with Crippen molar-refractivity contribution in [2.24, 2.45) is 7.05 Å². The van der Waals surface area contributed by atoms with Crippen LogP contribution in [0.2, 0.25) is 0 Å². The van der Waals surface area contributed by atoms with Crippen LogP contribution in [-0.4, -0.2) is 21.9 Å². The van der Waals surface area contributed by atoms with Crippen molar-refractivity contribution in [1.82, 2.24) is 9.78 Å². The number of hydrogen-bond acceptors (Lipinski definition) is 2. The molecule has 5 nitrogen and oxygen atoms in total. The Hall–Kier alpha value is -2.30. The predicted octanol–water partition coefficient (Wildman–Crippen LogP) is 2.71. The molecule has 0 aliphatic carbocycles. The maximum atomic E-state index is 12.5. The molecule has 2 heterocycles. The van der Waals surface area contributed by atoms with Gasteiger partial charge in [-0.1, -0.05) is 18.2 Å². The number of nitrogens with one attached hydrogen (secondary N) is 1. The topological polar surface area (TPSA) is 50.2 Å². The summed E-state index contributed by atoms with van der Waals surface area (Å²) in [6.45, 7) is 4.01. The highest BCUT2D eigenvalue weighted by Crippen LogP contribution is 2.32. The molecule has 1 aliphatic rings. The van der Waals surface area contributed by atoms with Gasteiger partial charge in [0.15, 0.2) is 5.82 Å². The van der Waals surface area contributed by atoms with Gasteiger partial charge in [-0.15, -0.1) is 0 Å². The van der Waals surface area contributed by atoms with Crippen molar-refractivity contribution in [3.05, 3.63) is 41.6 Å². The molecule has 3 rings (SSSR count). The molecule has 0 saturated heterocycles. The third-order valence-electron chi connectivity index (χ3n) is 3.77. The normalized spacial score (nSPS) is 17.1. The van der Waals surface area contributed by atoms with Crippen LogP contribution in [0.5, 0.6) is 0 Å². The fourth-order valence-electron chi connectivity index (χ4n) is 2.67. The quantitative estimate of drug-likeness (QED) is 0.866. The average molecular weight is 270 g/mol. The summed E-state index contributed by atoms with van der Waals surface area (Å²) >= 11 is 0. The van der Waals surface area contributed by atoms with E-state index in [0.717, 1.165) is 17.8 Å². The van der Waals surface area contributed by atoms with Crippen LogP contribution in [0.1, 0.15) is 18.2 Å². The number of nitrogens with zero attached hydrogens (tertiary/aromatic N) is 3.